The van der Waals surface area contributed by atoms with Crippen molar-refractivity contribution in [3.63, 3.8) is 0 Å². The number of nitro benzene ring substituents is 1. The average molecular weight is 259 g/mol. The molecule has 1 aromatic carbocycles. The lowest BCUT2D eigenvalue weighted by molar-refractivity contribution is -0.384. The summed E-state index contributed by atoms with van der Waals surface area (Å²) in [6.45, 7) is 3.77. The number of rotatable bonds is 4. The molecule has 5 nitrogen and oxygen atoms in total. The molecule has 0 spiro atoms. The molecule has 1 fully saturated rings. The van der Waals surface area contributed by atoms with Crippen LogP contribution in [-0.4, -0.2) is 28.5 Å². The Bertz CT molecular complexity index is 518. The van der Waals surface area contributed by atoms with Gasteiger partial charge in [0.05, 0.1) is 11.0 Å². The Morgan fingerprint density at radius 2 is 2.16 bits per heavy atom. The molecule has 1 atom stereocenters. The highest BCUT2D eigenvalue weighted by Gasteiger charge is 2.34. The van der Waals surface area contributed by atoms with E-state index in [9.17, 15) is 15.4 Å². The van der Waals surface area contributed by atoms with Crippen LogP contribution < -0.4 is 0 Å². The van der Waals surface area contributed by atoms with Crippen LogP contribution in [0.25, 0.3) is 0 Å². The fourth-order valence-corrected chi connectivity index (χ4v) is 2.61. The first-order valence-electron chi connectivity index (χ1n) is 6.45. The maximum atomic E-state index is 10.8. The fourth-order valence-electron chi connectivity index (χ4n) is 2.61. The minimum atomic E-state index is -0.578. The molecule has 0 bridgehead atoms. The van der Waals surface area contributed by atoms with Gasteiger partial charge < -0.3 is 0 Å². The maximum Gasteiger partial charge on any atom is 0.269 e. The third-order valence-electron chi connectivity index (χ3n) is 3.71. The van der Waals surface area contributed by atoms with Crippen LogP contribution in [0.15, 0.2) is 24.3 Å². The number of nitriles is 1. The molecule has 1 aliphatic rings. The highest BCUT2D eigenvalue weighted by Crippen LogP contribution is 2.26. The van der Waals surface area contributed by atoms with E-state index < -0.39 is 10.5 Å². The molecule has 0 amide bonds. The topological polar surface area (TPSA) is 70.2 Å². The number of non-ortho nitro benzene ring substituents is 1. The van der Waals surface area contributed by atoms with E-state index in [0.717, 1.165) is 31.5 Å². The largest absolute Gasteiger partial charge is 0.285 e. The van der Waals surface area contributed by atoms with Crippen LogP contribution in [0, 0.1) is 21.4 Å². The quantitative estimate of drug-likeness (QED) is 0.615. The monoisotopic (exact) mass is 259 g/mol. The molecule has 1 aliphatic heterocycles. The van der Waals surface area contributed by atoms with Gasteiger partial charge in [-0.05, 0) is 38.4 Å². The lowest BCUT2D eigenvalue weighted by Gasteiger charge is -2.32. The van der Waals surface area contributed by atoms with Crippen LogP contribution in [0.4, 0.5) is 5.69 Å². The first-order chi connectivity index (χ1) is 9.05. The molecule has 0 radical (unpaired) electrons. The van der Waals surface area contributed by atoms with Gasteiger partial charge in [-0.3, -0.25) is 15.0 Å². The molecular formula is C14H17N3O2. The Kier molecular flexibility index (Phi) is 3.82. The Hall–Kier alpha value is -1.93. The van der Waals surface area contributed by atoms with E-state index in [1.807, 2.05) is 13.0 Å². The Balaban J connectivity index is 2.20. The van der Waals surface area contributed by atoms with Crippen molar-refractivity contribution in [3.8, 4) is 6.07 Å². The maximum absolute atomic E-state index is 10.8. The van der Waals surface area contributed by atoms with E-state index in [1.54, 1.807) is 12.1 Å². The summed E-state index contributed by atoms with van der Waals surface area (Å²) >= 11 is 0. The van der Waals surface area contributed by atoms with Gasteiger partial charge in [-0.1, -0.05) is 12.1 Å². The van der Waals surface area contributed by atoms with Gasteiger partial charge in [0.1, 0.15) is 5.54 Å². The van der Waals surface area contributed by atoms with Gasteiger partial charge >= 0.3 is 0 Å². The van der Waals surface area contributed by atoms with Crippen molar-refractivity contribution in [2.24, 2.45) is 0 Å². The van der Waals surface area contributed by atoms with Crippen molar-refractivity contribution < 1.29 is 4.92 Å². The highest BCUT2D eigenvalue weighted by atomic mass is 16.6. The molecule has 1 unspecified atom stereocenters. The van der Waals surface area contributed by atoms with Crippen LogP contribution in [0.5, 0.6) is 0 Å². The van der Waals surface area contributed by atoms with E-state index in [2.05, 4.69) is 11.0 Å². The lowest BCUT2D eigenvalue weighted by atomic mass is 9.92. The molecule has 1 saturated heterocycles. The summed E-state index contributed by atoms with van der Waals surface area (Å²) in [6, 6.07) is 8.93. The molecule has 100 valence electrons. The van der Waals surface area contributed by atoms with Crippen LogP contribution in [0.1, 0.15) is 25.3 Å². The van der Waals surface area contributed by atoms with Crippen LogP contribution >= 0.6 is 0 Å². The second-order valence-corrected chi connectivity index (χ2v) is 5.18. The molecule has 19 heavy (non-hydrogen) atoms. The Morgan fingerprint density at radius 1 is 1.47 bits per heavy atom. The van der Waals surface area contributed by atoms with Crippen molar-refractivity contribution in [3.05, 3.63) is 39.9 Å². The summed E-state index contributed by atoms with van der Waals surface area (Å²) < 4.78 is 0. The van der Waals surface area contributed by atoms with Crippen molar-refractivity contribution >= 4 is 5.69 Å². The summed E-state index contributed by atoms with van der Waals surface area (Å²) in [5.41, 5.74) is 0.343. The van der Waals surface area contributed by atoms with Gasteiger partial charge in [-0.25, -0.2) is 0 Å². The molecule has 0 N–H and O–H groups in total. The van der Waals surface area contributed by atoms with Gasteiger partial charge in [0.15, 0.2) is 0 Å². The van der Waals surface area contributed by atoms with E-state index in [-0.39, 0.29) is 5.69 Å². The normalized spacial score (nSPS) is 18.7. The van der Waals surface area contributed by atoms with E-state index >= 15 is 0 Å². The summed E-state index contributed by atoms with van der Waals surface area (Å²) in [5, 5.41) is 20.2. The second-order valence-electron chi connectivity index (χ2n) is 5.18. The molecular weight excluding hydrogens is 242 g/mol. The van der Waals surface area contributed by atoms with Crippen molar-refractivity contribution in [1.82, 2.24) is 4.90 Å². The zero-order valence-electron chi connectivity index (χ0n) is 11.0. The fraction of sp³-hybridized carbons (Fsp3) is 0.500. The number of hydrogen-bond donors (Lipinski definition) is 0. The first-order valence-corrected chi connectivity index (χ1v) is 6.45. The van der Waals surface area contributed by atoms with Crippen LogP contribution in [-0.2, 0) is 6.42 Å². The van der Waals surface area contributed by atoms with E-state index in [1.165, 1.54) is 6.07 Å². The van der Waals surface area contributed by atoms with Gasteiger partial charge in [0.2, 0.25) is 0 Å². The second kappa shape index (κ2) is 5.37. The summed E-state index contributed by atoms with van der Waals surface area (Å²) in [7, 11) is 0. The molecule has 5 heteroatoms. The average Bonchev–Trinajstić information content (AvgIpc) is 2.93. The minimum absolute atomic E-state index is 0.0826. The van der Waals surface area contributed by atoms with Gasteiger partial charge in [0, 0.05) is 18.6 Å². The zero-order chi connectivity index (χ0) is 13.9. The molecule has 0 aliphatic carbocycles. The van der Waals surface area contributed by atoms with Gasteiger partial charge in [0.25, 0.3) is 5.69 Å². The molecule has 0 saturated carbocycles. The zero-order valence-corrected chi connectivity index (χ0v) is 11.0. The van der Waals surface area contributed by atoms with E-state index in [0.29, 0.717) is 6.42 Å². The molecule has 0 aromatic heterocycles. The Morgan fingerprint density at radius 3 is 2.74 bits per heavy atom. The predicted octanol–water partition coefficient (Wildman–Crippen LogP) is 2.52. The van der Waals surface area contributed by atoms with Crippen molar-refractivity contribution in [1.29, 1.82) is 5.26 Å². The third kappa shape index (κ3) is 2.91. The summed E-state index contributed by atoms with van der Waals surface area (Å²) in [4.78, 5) is 12.5. The van der Waals surface area contributed by atoms with E-state index in [4.69, 9.17) is 0 Å². The standard InChI is InChI=1S/C14H17N3O2/c1-14(11-15,16-7-2-3-8-16)10-12-5-4-6-13(9-12)17(18)19/h4-6,9H,2-3,7-8,10H2,1H3. The number of hydrogen-bond acceptors (Lipinski definition) is 4. The predicted molar refractivity (Wildman–Crippen MR) is 71.6 cm³/mol. The Labute approximate surface area is 112 Å². The lowest BCUT2D eigenvalue weighted by Crippen LogP contribution is -2.45. The SMILES string of the molecule is CC(C#N)(Cc1cccc([N+](=O)[O-])c1)N1CCCC1. The first kappa shape index (κ1) is 13.5. The summed E-state index contributed by atoms with van der Waals surface area (Å²) in [6.07, 6.45) is 2.75. The molecule has 1 heterocycles. The molecule has 2 rings (SSSR count). The van der Waals surface area contributed by atoms with Crippen LogP contribution in [0.3, 0.4) is 0 Å². The minimum Gasteiger partial charge on any atom is -0.285 e. The van der Waals surface area contributed by atoms with Crippen molar-refractivity contribution in [2.45, 2.75) is 31.7 Å². The number of benzene rings is 1. The number of nitro groups is 1. The van der Waals surface area contributed by atoms with Gasteiger partial charge in [-0.15, -0.1) is 0 Å². The smallest absolute Gasteiger partial charge is 0.269 e. The highest BCUT2D eigenvalue weighted by molar-refractivity contribution is 5.36. The number of likely N-dealkylation sites (tertiary alicyclic amines) is 1. The van der Waals surface area contributed by atoms with Crippen LogP contribution in [0.2, 0.25) is 0 Å². The molecule has 1 aromatic rings. The summed E-state index contributed by atoms with van der Waals surface area (Å²) in [5.74, 6) is 0. The van der Waals surface area contributed by atoms with Gasteiger partial charge in [-0.2, -0.15) is 5.26 Å². The third-order valence-corrected chi connectivity index (χ3v) is 3.71. The number of nitrogens with zero attached hydrogens (tertiary/aromatic N) is 3. The van der Waals surface area contributed by atoms with Crippen molar-refractivity contribution in [2.75, 3.05) is 13.1 Å².